The third kappa shape index (κ3) is 1.90. The van der Waals surface area contributed by atoms with Crippen LogP contribution in [0.25, 0.3) is 11.3 Å². The molecule has 0 unspecified atom stereocenters. The zero-order chi connectivity index (χ0) is 14.3. The van der Waals surface area contributed by atoms with E-state index in [4.69, 9.17) is 5.26 Å². The first-order valence-electron chi connectivity index (χ1n) is 5.61. The molecular weight excluding hydrogens is 281 g/mol. The normalized spacial score (nSPS) is 13.1. The van der Waals surface area contributed by atoms with Crippen LogP contribution in [0.15, 0.2) is 34.2 Å². The Balaban J connectivity index is 2.34. The summed E-state index contributed by atoms with van der Waals surface area (Å²) in [6, 6.07) is 7.21. The quantitative estimate of drug-likeness (QED) is 0.744. The first-order valence-corrected chi connectivity index (χ1v) is 6.43. The molecule has 3 rings (SSSR count). The average Bonchev–Trinajstić information content (AvgIpc) is 2.78. The van der Waals surface area contributed by atoms with Crippen molar-refractivity contribution in [3.63, 3.8) is 0 Å². The van der Waals surface area contributed by atoms with Crippen LogP contribution in [0.1, 0.15) is 5.56 Å². The fourth-order valence-electron chi connectivity index (χ4n) is 2.03. The highest BCUT2D eigenvalue weighted by atomic mass is 32.2. The molecule has 0 fully saturated rings. The van der Waals surface area contributed by atoms with Crippen LogP contribution in [-0.2, 0) is 11.3 Å². The van der Waals surface area contributed by atoms with Crippen molar-refractivity contribution in [1.29, 1.82) is 5.26 Å². The summed E-state index contributed by atoms with van der Waals surface area (Å²) in [5, 5.41) is 9.25. The molecule has 1 aromatic carbocycles. The number of carbonyl (C=O) groups is 1. The third-order valence-corrected chi connectivity index (χ3v) is 3.72. The van der Waals surface area contributed by atoms with Gasteiger partial charge in [-0.25, -0.2) is 4.39 Å². The van der Waals surface area contributed by atoms with Gasteiger partial charge in [-0.2, -0.15) is 10.2 Å². The van der Waals surface area contributed by atoms with Gasteiger partial charge in [-0.05, 0) is 41.6 Å². The van der Waals surface area contributed by atoms with Crippen LogP contribution in [0.3, 0.4) is 0 Å². The van der Waals surface area contributed by atoms with Crippen LogP contribution in [-0.4, -0.2) is 14.7 Å². The molecule has 1 aliphatic heterocycles. The highest BCUT2D eigenvalue weighted by molar-refractivity contribution is 8.13. The zero-order valence-corrected chi connectivity index (χ0v) is 10.8. The minimum atomic E-state index is -0.680. The first-order chi connectivity index (χ1) is 9.60. The summed E-state index contributed by atoms with van der Waals surface area (Å²) in [7, 11) is 0. The number of hydrogen-bond donors (Lipinski definition) is 0. The molecule has 0 N–H and O–H groups in total. The van der Waals surface area contributed by atoms with E-state index in [-0.39, 0.29) is 22.4 Å². The van der Waals surface area contributed by atoms with Gasteiger partial charge in [0.2, 0.25) is 5.12 Å². The van der Waals surface area contributed by atoms with Crippen molar-refractivity contribution in [2.75, 3.05) is 0 Å². The lowest BCUT2D eigenvalue weighted by Crippen LogP contribution is -2.18. The predicted molar refractivity (Wildman–Crippen MR) is 69.5 cm³/mol. The number of rotatable bonds is 1. The Labute approximate surface area is 116 Å². The topological polar surface area (TPSA) is 75.8 Å². The number of carbonyl (C=O) groups excluding carboxylic acids is 1. The highest BCUT2D eigenvalue weighted by Gasteiger charge is 2.27. The Kier molecular flexibility index (Phi) is 2.88. The zero-order valence-electron chi connectivity index (χ0n) is 9.96. The number of halogens is 1. The molecule has 20 heavy (non-hydrogen) atoms. The molecule has 0 amide bonds. The second-order valence-corrected chi connectivity index (χ2v) is 5.13. The lowest BCUT2D eigenvalue weighted by Gasteiger charge is -2.11. The number of benzene rings is 1. The fourth-order valence-corrected chi connectivity index (χ4v) is 2.82. The van der Waals surface area contributed by atoms with Crippen molar-refractivity contribution in [3.8, 4) is 17.3 Å². The minimum absolute atomic E-state index is 0.0364. The summed E-state index contributed by atoms with van der Waals surface area (Å²) in [6.45, 7) is 0.0364. The molecular formula is C13H6FN3O2S. The SMILES string of the molecule is N#Cc1c(-c2ccc(F)cc2)n2c(nc1=O)SC(=O)C2. The van der Waals surface area contributed by atoms with E-state index in [2.05, 4.69) is 4.98 Å². The van der Waals surface area contributed by atoms with Gasteiger partial charge in [0.1, 0.15) is 17.4 Å². The Bertz CT molecular complexity index is 821. The highest BCUT2D eigenvalue weighted by Crippen LogP contribution is 2.31. The van der Waals surface area contributed by atoms with E-state index in [1.54, 1.807) is 0 Å². The molecule has 0 bridgehead atoms. The van der Waals surface area contributed by atoms with Crippen LogP contribution in [0.4, 0.5) is 4.39 Å². The number of nitriles is 1. The average molecular weight is 287 g/mol. The largest absolute Gasteiger partial charge is 0.310 e. The summed E-state index contributed by atoms with van der Waals surface area (Å²) in [4.78, 5) is 27.1. The van der Waals surface area contributed by atoms with Crippen LogP contribution in [0.2, 0.25) is 0 Å². The molecule has 2 heterocycles. The smallest absolute Gasteiger partial charge is 0.292 e. The Morgan fingerprint density at radius 1 is 1.30 bits per heavy atom. The van der Waals surface area contributed by atoms with Crippen molar-refractivity contribution >= 4 is 16.9 Å². The molecule has 2 aromatic rings. The van der Waals surface area contributed by atoms with Crippen molar-refractivity contribution in [2.24, 2.45) is 0 Å². The van der Waals surface area contributed by atoms with Crippen molar-refractivity contribution in [3.05, 3.63) is 46.0 Å². The molecule has 0 saturated carbocycles. The maximum atomic E-state index is 13.0. The summed E-state index contributed by atoms with van der Waals surface area (Å²) in [5.74, 6) is -0.421. The van der Waals surface area contributed by atoms with E-state index in [0.717, 1.165) is 11.8 Å². The van der Waals surface area contributed by atoms with E-state index in [1.165, 1.54) is 28.8 Å². The molecule has 1 aliphatic rings. The van der Waals surface area contributed by atoms with Crippen molar-refractivity contribution in [2.45, 2.75) is 11.7 Å². The van der Waals surface area contributed by atoms with E-state index >= 15 is 0 Å². The van der Waals surface area contributed by atoms with Gasteiger partial charge in [-0.3, -0.25) is 9.59 Å². The summed E-state index contributed by atoms with van der Waals surface area (Å²) < 4.78 is 14.5. The number of fused-ring (bicyclic) bond motifs is 1. The second kappa shape index (κ2) is 4.58. The molecule has 5 nitrogen and oxygen atoms in total. The Morgan fingerprint density at radius 3 is 2.65 bits per heavy atom. The number of aromatic nitrogens is 2. The van der Waals surface area contributed by atoms with Gasteiger partial charge >= 0.3 is 0 Å². The predicted octanol–water partition coefficient (Wildman–Crippen LogP) is 1.55. The van der Waals surface area contributed by atoms with Gasteiger partial charge in [-0.15, -0.1) is 0 Å². The first kappa shape index (κ1) is 12.6. The monoisotopic (exact) mass is 287 g/mol. The number of nitrogens with zero attached hydrogens (tertiary/aromatic N) is 3. The lowest BCUT2D eigenvalue weighted by atomic mass is 10.1. The van der Waals surface area contributed by atoms with Gasteiger partial charge in [0, 0.05) is 0 Å². The second-order valence-electron chi connectivity index (χ2n) is 4.10. The van der Waals surface area contributed by atoms with E-state index in [9.17, 15) is 14.0 Å². The summed E-state index contributed by atoms with van der Waals surface area (Å²) in [6.07, 6.45) is 0. The van der Waals surface area contributed by atoms with Gasteiger partial charge in [0.05, 0.1) is 12.2 Å². The fraction of sp³-hybridized carbons (Fsp3) is 0.0769. The lowest BCUT2D eigenvalue weighted by molar-refractivity contribution is -0.111. The van der Waals surface area contributed by atoms with Crippen LogP contribution in [0.5, 0.6) is 0 Å². The third-order valence-electron chi connectivity index (χ3n) is 2.87. The molecule has 0 aliphatic carbocycles. The Morgan fingerprint density at radius 2 is 2.00 bits per heavy atom. The van der Waals surface area contributed by atoms with Gasteiger partial charge in [0.15, 0.2) is 5.16 Å². The molecule has 7 heteroatoms. The van der Waals surface area contributed by atoms with E-state index in [0.29, 0.717) is 11.3 Å². The molecule has 0 atom stereocenters. The maximum Gasteiger partial charge on any atom is 0.292 e. The number of thioether (sulfide) groups is 1. The minimum Gasteiger partial charge on any atom is -0.310 e. The molecule has 1 aromatic heterocycles. The van der Waals surface area contributed by atoms with E-state index in [1.807, 2.05) is 6.07 Å². The van der Waals surface area contributed by atoms with Gasteiger partial charge in [0.25, 0.3) is 5.56 Å². The number of hydrogen-bond acceptors (Lipinski definition) is 5. The van der Waals surface area contributed by atoms with Gasteiger partial charge in [-0.1, -0.05) is 0 Å². The molecule has 0 spiro atoms. The van der Waals surface area contributed by atoms with Crippen LogP contribution >= 0.6 is 11.8 Å². The summed E-state index contributed by atoms with van der Waals surface area (Å²) >= 11 is 0.866. The van der Waals surface area contributed by atoms with Gasteiger partial charge < -0.3 is 4.57 Å². The van der Waals surface area contributed by atoms with E-state index < -0.39 is 11.4 Å². The molecule has 98 valence electrons. The van der Waals surface area contributed by atoms with Crippen molar-refractivity contribution < 1.29 is 9.18 Å². The van der Waals surface area contributed by atoms with Crippen LogP contribution < -0.4 is 5.56 Å². The Hall–Kier alpha value is -2.46. The molecule has 0 saturated heterocycles. The van der Waals surface area contributed by atoms with Crippen molar-refractivity contribution in [1.82, 2.24) is 9.55 Å². The maximum absolute atomic E-state index is 13.0. The van der Waals surface area contributed by atoms with Crippen LogP contribution in [0, 0.1) is 17.1 Å². The standard InChI is InChI=1S/C13H6FN3O2S/c14-8-3-1-7(2-4-8)11-9(5-15)12(19)16-13-17(11)6-10(18)20-13/h1-4H,6H2. The summed E-state index contributed by atoms with van der Waals surface area (Å²) in [5.41, 5.74) is -0.0178. The molecule has 0 radical (unpaired) electrons.